The topological polar surface area (TPSA) is 13.7 Å². The van der Waals surface area contributed by atoms with Gasteiger partial charge in [0.25, 0.3) is 0 Å². The van der Waals surface area contributed by atoms with E-state index in [1.807, 2.05) is 0 Å². The Hall–Kier alpha value is -1.02. The van der Waals surface area contributed by atoms with Crippen LogP contribution in [0.1, 0.15) is 50.7 Å². The number of benzene rings is 1. The second-order valence-corrected chi connectivity index (χ2v) is 5.69. The molecule has 20 heavy (non-hydrogen) atoms. The summed E-state index contributed by atoms with van der Waals surface area (Å²) in [7, 11) is 0. The number of hydrogen-bond donors (Lipinski definition) is 1. The van der Waals surface area contributed by atoms with Gasteiger partial charge in [0, 0.05) is 0 Å². The van der Waals surface area contributed by atoms with Crippen molar-refractivity contribution in [2.24, 2.45) is 0 Å². The van der Waals surface area contributed by atoms with Gasteiger partial charge in [-0.05, 0) is 64.5 Å². The maximum absolute atomic E-state index is 5.93. The number of hydrogen-bond acceptors (Lipinski definition) is 1. The van der Waals surface area contributed by atoms with Crippen LogP contribution in [0.4, 0.5) is 0 Å². The molecule has 2 heteroatoms. The summed E-state index contributed by atoms with van der Waals surface area (Å²) in [6.07, 6.45) is 5.13. The van der Waals surface area contributed by atoms with Crippen LogP contribution in [-0.2, 0) is 0 Å². The van der Waals surface area contributed by atoms with E-state index in [1.54, 1.807) is 4.90 Å². The van der Waals surface area contributed by atoms with Crippen molar-refractivity contribution in [3.63, 3.8) is 0 Å². The first kappa shape index (κ1) is 17.0. The minimum Gasteiger partial charge on any atom is -0.493 e. The molecule has 114 valence electrons. The highest BCUT2D eigenvalue weighted by Gasteiger charge is 2.03. The van der Waals surface area contributed by atoms with Gasteiger partial charge in [-0.3, -0.25) is 0 Å². The molecular weight excluding hydrogens is 246 g/mol. The molecule has 0 aliphatic heterocycles. The average Bonchev–Trinajstić information content (AvgIpc) is 2.44. The van der Waals surface area contributed by atoms with Crippen LogP contribution in [0.5, 0.6) is 5.75 Å². The minimum absolute atomic E-state index is 0.851. The molecule has 0 saturated heterocycles. The molecule has 2 nitrogen and oxygen atoms in total. The lowest BCUT2D eigenvalue weighted by molar-refractivity contribution is -0.896. The van der Waals surface area contributed by atoms with Crippen LogP contribution >= 0.6 is 0 Å². The molecule has 0 radical (unpaired) electrons. The second kappa shape index (κ2) is 9.82. The van der Waals surface area contributed by atoms with E-state index in [9.17, 15) is 0 Å². The van der Waals surface area contributed by atoms with Crippen LogP contribution in [0, 0.1) is 13.8 Å². The standard InChI is InChI=1S/C18H31NO/c1-5-19(6-2)14-9-7-8-10-15-20-18-16(3)12-11-13-17(18)4/h11-13H,5-10,14-15H2,1-4H3/p+1. The summed E-state index contributed by atoms with van der Waals surface area (Å²) in [5.74, 6) is 1.08. The first-order valence-electron chi connectivity index (χ1n) is 8.21. The molecule has 0 atom stereocenters. The van der Waals surface area contributed by atoms with Gasteiger partial charge in [0.05, 0.1) is 26.2 Å². The fraction of sp³-hybridized carbons (Fsp3) is 0.667. The number of quaternary nitrogens is 1. The lowest BCUT2D eigenvalue weighted by atomic mass is 10.1. The summed E-state index contributed by atoms with van der Waals surface area (Å²) in [4.78, 5) is 1.72. The van der Waals surface area contributed by atoms with Crippen LogP contribution in [0.3, 0.4) is 0 Å². The van der Waals surface area contributed by atoms with Crippen molar-refractivity contribution in [2.45, 2.75) is 53.4 Å². The molecule has 0 aromatic heterocycles. The Bertz CT molecular complexity index is 351. The van der Waals surface area contributed by atoms with Gasteiger partial charge in [-0.15, -0.1) is 0 Å². The molecule has 0 aliphatic rings. The van der Waals surface area contributed by atoms with E-state index >= 15 is 0 Å². The van der Waals surface area contributed by atoms with Crippen molar-refractivity contribution in [2.75, 3.05) is 26.2 Å². The van der Waals surface area contributed by atoms with E-state index in [1.165, 1.54) is 56.4 Å². The fourth-order valence-corrected chi connectivity index (χ4v) is 2.64. The normalized spacial score (nSPS) is 11.1. The zero-order valence-corrected chi connectivity index (χ0v) is 13.8. The third-order valence-corrected chi connectivity index (χ3v) is 4.08. The summed E-state index contributed by atoms with van der Waals surface area (Å²) >= 11 is 0. The maximum atomic E-state index is 5.93. The van der Waals surface area contributed by atoms with Gasteiger partial charge < -0.3 is 9.64 Å². The zero-order chi connectivity index (χ0) is 14.8. The quantitative estimate of drug-likeness (QED) is 0.649. The Labute approximate surface area is 125 Å². The summed E-state index contributed by atoms with van der Waals surface area (Å²) in [5.41, 5.74) is 2.49. The summed E-state index contributed by atoms with van der Waals surface area (Å²) in [5, 5.41) is 0. The SMILES string of the molecule is CC[NH+](CC)CCCCCCOc1c(C)cccc1C. The largest absolute Gasteiger partial charge is 0.493 e. The van der Waals surface area contributed by atoms with E-state index < -0.39 is 0 Å². The Morgan fingerprint density at radius 3 is 2.10 bits per heavy atom. The fourth-order valence-electron chi connectivity index (χ4n) is 2.64. The first-order valence-corrected chi connectivity index (χ1v) is 8.21. The molecule has 0 unspecified atom stereocenters. The Balaban J connectivity index is 2.11. The number of para-hydroxylation sites is 1. The monoisotopic (exact) mass is 278 g/mol. The number of aryl methyl sites for hydroxylation is 2. The molecule has 0 aliphatic carbocycles. The van der Waals surface area contributed by atoms with E-state index in [0.29, 0.717) is 0 Å². The Morgan fingerprint density at radius 1 is 0.900 bits per heavy atom. The molecule has 0 saturated carbocycles. The molecular formula is C18H32NO+. The second-order valence-electron chi connectivity index (χ2n) is 5.69. The third-order valence-electron chi connectivity index (χ3n) is 4.08. The molecule has 0 bridgehead atoms. The summed E-state index contributed by atoms with van der Waals surface area (Å²) < 4.78 is 5.93. The highest BCUT2D eigenvalue weighted by Crippen LogP contribution is 2.22. The average molecular weight is 278 g/mol. The minimum atomic E-state index is 0.851. The number of rotatable bonds is 10. The molecule has 1 aromatic rings. The first-order chi connectivity index (χ1) is 9.69. The van der Waals surface area contributed by atoms with Crippen molar-refractivity contribution in [1.82, 2.24) is 0 Å². The van der Waals surface area contributed by atoms with Gasteiger partial charge in [0.1, 0.15) is 5.75 Å². The Morgan fingerprint density at radius 2 is 1.50 bits per heavy atom. The predicted molar refractivity (Wildman–Crippen MR) is 86.8 cm³/mol. The van der Waals surface area contributed by atoms with Crippen LogP contribution in [0.2, 0.25) is 0 Å². The zero-order valence-electron chi connectivity index (χ0n) is 13.8. The lowest BCUT2D eigenvalue weighted by Crippen LogP contribution is -3.11. The van der Waals surface area contributed by atoms with Crippen LogP contribution in [0.25, 0.3) is 0 Å². The molecule has 0 spiro atoms. The van der Waals surface area contributed by atoms with Crippen molar-refractivity contribution < 1.29 is 9.64 Å². The van der Waals surface area contributed by atoms with Crippen molar-refractivity contribution in [3.8, 4) is 5.75 Å². The number of ether oxygens (including phenoxy) is 1. The van der Waals surface area contributed by atoms with E-state index in [4.69, 9.17) is 4.74 Å². The molecule has 0 amide bonds. The maximum Gasteiger partial charge on any atom is 0.125 e. The van der Waals surface area contributed by atoms with Crippen molar-refractivity contribution in [1.29, 1.82) is 0 Å². The molecule has 1 rings (SSSR count). The molecule has 0 fully saturated rings. The van der Waals surface area contributed by atoms with Crippen molar-refractivity contribution in [3.05, 3.63) is 29.3 Å². The Kier molecular flexibility index (Phi) is 8.36. The van der Waals surface area contributed by atoms with Gasteiger partial charge in [-0.25, -0.2) is 0 Å². The van der Waals surface area contributed by atoms with Gasteiger partial charge in [-0.1, -0.05) is 18.2 Å². The number of nitrogens with one attached hydrogen (secondary N) is 1. The van der Waals surface area contributed by atoms with Crippen LogP contribution in [-0.4, -0.2) is 26.2 Å². The van der Waals surface area contributed by atoms with Crippen LogP contribution in [0.15, 0.2) is 18.2 Å². The van der Waals surface area contributed by atoms with Crippen LogP contribution < -0.4 is 9.64 Å². The molecule has 1 N–H and O–H groups in total. The van der Waals surface area contributed by atoms with E-state index in [-0.39, 0.29) is 0 Å². The van der Waals surface area contributed by atoms with Gasteiger partial charge >= 0.3 is 0 Å². The van der Waals surface area contributed by atoms with Gasteiger partial charge in [0.15, 0.2) is 0 Å². The summed E-state index contributed by atoms with van der Waals surface area (Å²) in [6.45, 7) is 13.5. The predicted octanol–water partition coefficient (Wildman–Crippen LogP) is 3.17. The highest BCUT2D eigenvalue weighted by atomic mass is 16.5. The third kappa shape index (κ3) is 5.96. The molecule has 0 heterocycles. The smallest absolute Gasteiger partial charge is 0.125 e. The molecule has 1 aromatic carbocycles. The lowest BCUT2D eigenvalue weighted by Gasteiger charge is -2.15. The van der Waals surface area contributed by atoms with E-state index in [0.717, 1.165) is 12.4 Å². The number of unbranched alkanes of at least 4 members (excludes halogenated alkanes) is 3. The van der Waals surface area contributed by atoms with Crippen molar-refractivity contribution >= 4 is 0 Å². The van der Waals surface area contributed by atoms with Gasteiger partial charge in [0.2, 0.25) is 0 Å². The summed E-state index contributed by atoms with van der Waals surface area (Å²) in [6, 6.07) is 6.33. The van der Waals surface area contributed by atoms with E-state index in [2.05, 4.69) is 45.9 Å². The van der Waals surface area contributed by atoms with Gasteiger partial charge in [-0.2, -0.15) is 0 Å². The highest BCUT2D eigenvalue weighted by molar-refractivity contribution is 5.39.